The number of carbonyl (C=O) groups excluding carboxylic acids is 1. The van der Waals surface area contributed by atoms with Gasteiger partial charge in [-0.3, -0.25) is 0 Å². The monoisotopic (exact) mass is 328 g/mol. The highest BCUT2D eigenvalue weighted by Crippen LogP contribution is 2.22. The number of aryl methyl sites for hydroxylation is 1. The van der Waals surface area contributed by atoms with Gasteiger partial charge in [-0.05, 0) is 38.1 Å². The number of rotatable bonds is 6. The van der Waals surface area contributed by atoms with Crippen molar-refractivity contribution >= 4 is 11.7 Å². The summed E-state index contributed by atoms with van der Waals surface area (Å²) >= 11 is 0. The Morgan fingerprint density at radius 3 is 2.88 bits per heavy atom. The number of urea groups is 1. The summed E-state index contributed by atoms with van der Waals surface area (Å²) in [7, 11) is 0. The van der Waals surface area contributed by atoms with Crippen LogP contribution in [-0.4, -0.2) is 24.3 Å². The van der Waals surface area contributed by atoms with Gasteiger partial charge in [-0.25, -0.2) is 4.79 Å². The predicted molar refractivity (Wildman–Crippen MR) is 90.8 cm³/mol. The Hall–Kier alpha value is -2.91. The zero-order valence-corrected chi connectivity index (χ0v) is 13.6. The van der Waals surface area contributed by atoms with Crippen molar-refractivity contribution in [3.63, 3.8) is 0 Å². The number of terminal acetylenes is 1. The zero-order chi connectivity index (χ0) is 17.6. The van der Waals surface area contributed by atoms with Gasteiger partial charge in [0.05, 0.1) is 6.54 Å². The highest BCUT2D eigenvalue weighted by atomic mass is 16.5. The molecular formula is C18H20N2O4. The molecule has 0 aliphatic carbocycles. The molecule has 0 bridgehead atoms. The van der Waals surface area contributed by atoms with Gasteiger partial charge in [0.1, 0.15) is 29.5 Å². The minimum atomic E-state index is -1.30. The highest BCUT2D eigenvalue weighted by molar-refractivity contribution is 5.89. The van der Waals surface area contributed by atoms with Gasteiger partial charge in [-0.15, -0.1) is 6.42 Å². The maximum absolute atomic E-state index is 12.0. The zero-order valence-electron chi connectivity index (χ0n) is 13.6. The van der Waals surface area contributed by atoms with Crippen molar-refractivity contribution in [3.05, 3.63) is 47.9 Å². The second-order valence-corrected chi connectivity index (χ2v) is 5.51. The van der Waals surface area contributed by atoms with Gasteiger partial charge in [0.25, 0.3) is 0 Å². The fourth-order valence-corrected chi connectivity index (χ4v) is 2.03. The molecule has 24 heavy (non-hydrogen) atoms. The molecule has 3 N–H and O–H groups in total. The molecule has 2 rings (SSSR count). The Labute approximate surface area is 140 Å². The summed E-state index contributed by atoms with van der Waals surface area (Å²) in [6, 6.07) is 9.84. The first kappa shape index (κ1) is 17.4. The summed E-state index contributed by atoms with van der Waals surface area (Å²) in [6.07, 6.45) is 5.14. The molecule has 1 aromatic carbocycles. The Morgan fingerprint density at radius 2 is 2.21 bits per heavy atom. The number of benzene rings is 1. The average molecular weight is 328 g/mol. The van der Waals surface area contributed by atoms with E-state index in [1.54, 1.807) is 50.2 Å². The number of nitrogens with one attached hydrogen (secondary N) is 2. The van der Waals surface area contributed by atoms with Crippen LogP contribution in [0.25, 0.3) is 0 Å². The van der Waals surface area contributed by atoms with Crippen LogP contribution in [0, 0.1) is 19.3 Å². The van der Waals surface area contributed by atoms with E-state index in [-0.39, 0.29) is 13.2 Å². The topological polar surface area (TPSA) is 83.7 Å². The minimum Gasteiger partial charge on any atom is -0.481 e. The summed E-state index contributed by atoms with van der Waals surface area (Å²) in [5.74, 6) is 4.02. The molecule has 0 saturated heterocycles. The van der Waals surface area contributed by atoms with Crippen molar-refractivity contribution in [2.75, 3.05) is 18.5 Å². The van der Waals surface area contributed by atoms with Crippen molar-refractivity contribution in [1.82, 2.24) is 5.32 Å². The summed E-state index contributed by atoms with van der Waals surface area (Å²) in [5.41, 5.74) is -0.751. The lowest BCUT2D eigenvalue weighted by Gasteiger charge is -2.21. The van der Waals surface area contributed by atoms with Gasteiger partial charge in [0, 0.05) is 11.8 Å². The Morgan fingerprint density at radius 1 is 1.42 bits per heavy atom. The molecule has 126 valence electrons. The predicted octanol–water partition coefficient (Wildman–Crippen LogP) is 2.63. The molecule has 1 unspecified atom stereocenters. The molecule has 2 amide bonds. The third-order valence-electron chi connectivity index (χ3n) is 3.28. The summed E-state index contributed by atoms with van der Waals surface area (Å²) in [5, 5.41) is 15.7. The van der Waals surface area contributed by atoms with Crippen LogP contribution in [0.5, 0.6) is 5.75 Å². The second-order valence-electron chi connectivity index (χ2n) is 5.51. The van der Waals surface area contributed by atoms with Gasteiger partial charge in [0.2, 0.25) is 0 Å². The number of carbonyl (C=O) groups is 1. The molecule has 6 nitrogen and oxygen atoms in total. The van der Waals surface area contributed by atoms with Crippen molar-refractivity contribution in [2.24, 2.45) is 0 Å². The van der Waals surface area contributed by atoms with Crippen LogP contribution >= 0.6 is 0 Å². The number of hydrogen-bond acceptors (Lipinski definition) is 4. The maximum Gasteiger partial charge on any atom is 0.319 e. The van der Waals surface area contributed by atoms with Crippen LogP contribution in [0.15, 0.2) is 40.8 Å². The normalized spacial score (nSPS) is 12.8. The van der Waals surface area contributed by atoms with Gasteiger partial charge in [-0.1, -0.05) is 12.0 Å². The van der Waals surface area contributed by atoms with Crippen LogP contribution < -0.4 is 15.4 Å². The Bertz CT molecular complexity index is 743. The van der Waals surface area contributed by atoms with Gasteiger partial charge < -0.3 is 24.9 Å². The number of anilines is 1. The molecule has 0 fully saturated rings. The molecule has 0 radical (unpaired) electrons. The number of aliphatic hydroxyl groups is 1. The lowest BCUT2D eigenvalue weighted by atomic mass is 10.0. The lowest BCUT2D eigenvalue weighted by molar-refractivity contribution is 0.0364. The average Bonchev–Trinajstić information content (AvgIpc) is 2.99. The van der Waals surface area contributed by atoms with Crippen molar-refractivity contribution < 1.29 is 19.1 Å². The largest absolute Gasteiger partial charge is 0.481 e. The third-order valence-corrected chi connectivity index (χ3v) is 3.28. The Kier molecular flexibility index (Phi) is 5.51. The van der Waals surface area contributed by atoms with Crippen molar-refractivity contribution in [2.45, 2.75) is 19.4 Å². The van der Waals surface area contributed by atoms with Crippen LogP contribution in [0.1, 0.15) is 18.4 Å². The number of ether oxygens (including phenoxy) is 1. The summed E-state index contributed by atoms with van der Waals surface area (Å²) < 4.78 is 10.7. The van der Waals surface area contributed by atoms with E-state index in [2.05, 4.69) is 16.6 Å². The first-order chi connectivity index (χ1) is 11.4. The van der Waals surface area contributed by atoms with Gasteiger partial charge >= 0.3 is 6.03 Å². The molecule has 0 saturated carbocycles. The van der Waals surface area contributed by atoms with Gasteiger partial charge in [0.15, 0.2) is 0 Å². The number of hydrogen-bond donors (Lipinski definition) is 3. The van der Waals surface area contributed by atoms with E-state index < -0.39 is 11.6 Å². The smallest absolute Gasteiger partial charge is 0.319 e. The molecule has 6 heteroatoms. The fourth-order valence-electron chi connectivity index (χ4n) is 2.03. The lowest BCUT2D eigenvalue weighted by Crippen LogP contribution is -2.40. The quantitative estimate of drug-likeness (QED) is 0.712. The third kappa shape index (κ3) is 4.80. The van der Waals surface area contributed by atoms with Crippen molar-refractivity contribution in [3.8, 4) is 18.1 Å². The van der Waals surface area contributed by atoms with E-state index in [9.17, 15) is 9.90 Å². The second kappa shape index (κ2) is 7.57. The van der Waals surface area contributed by atoms with Crippen LogP contribution in [0.3, 0.4) is 0 Å². The molecule has 2 aromatic rings. The van der Waals surface area contributed by atoms with E-state index >= 15 is 0 Å². The molecule has 0 spiro atoms. The van der Waals surface area contributed by atoms with E-state index in [1.807, 2.05) is 0 Å². The molecule has 1 atom stereocenters. The van der Waals surface area contributed by atoms with E-state index in [0.717, 1.165) is 0 Å². The van der Waals surface area contributed by atoms with E-state index in [0.29, 0.717) is 23.0 Å². The standard InChI is InChI=1S/C18H20N2O4/c1-4-10-23-15-7-5-6-14(11-15)20-17(21)19-12-18(3,22)16-9-8-13(2)24-16/h1,5-9,11,22H,10,12H2,2-3H3,(H2,19,20,21). The van der Waals surface area contributed by atoms with Crippen LogP contribution in [-0.2, 0) is 5.60 Å². The first-order valence-corrected chi connectivity index (χ1v) is 7.41. The molecular weight excluding hydrogens is 308 g/mol. The summed E-state index contributed by atoms with van der Waals surface area (Å²) in [4.78, 5) is 12.0. The number of furan rings is 1. The van der Waals surface area contributed by atoms with Gasteiger partial charge in [-0.2, -0.15) is 0 Å². The molecule has 0 aliphatic heterocycles. The first-order valence-electron chi connectivity index (χ1n) is 7.41. The molecule has 1 heterocycles. The number of amides is 2. The summed E-state index contributed by atoms with van der Waals surface area (Å²) in [6.45, 7) is 3.51. The highest BCUT2D eigenvalue weighted by Gasteiger charge is 2.27. The molecule has 1 aromatic heterocycles. The maximum atomic E-state index is 12.0. The molecule has 0 aliphatic rings. The van der Waals surface area contributed by atoms with Crippen LogP contribution in [0.2, 0.25) is 0 Å². The Balaban J connectivity index is 1.90. The minimum absolute atomic E-state index is 0.000922. The SMILES string of the molecule is C#CCOc1cccc(NC(=O)NCC(C)(O)c2ccc(C)o2)c1. The fraction of sp³-hybridized carbons (Fsp3) is 0.278. The van der Waals surface area contributed by atoms with Crippen molar-refractivity contribution in [1.29, 1.82) is 0 Å². The van der Waals surface area contributed by atoms with E-state index in [4.69, 9.17) is 15.6 Å². The van der Waals surface area contributed by atoms with Crippen LogP contribution in [0.4, 0.5) is 10.5 Å². The van der Waals surface area contributed by atoms with E-state index in [1.165, 1.54) is 0 Å².